The zero-order valence-corrected chi connectivity index (χ0v) is 17.3. The summed E-state index contributed by atoms with van der Waals surface area (Å²) >= 11 is 0. The highest BCUT2D eigenvalue weighted by Crippen LogP contribution is 2.36. The van der Waals surface area contributed by atoms with Gasteiger partial charge in [0.05, 0.1) is 6.61 Å². The Morgan fingerprint density at radius 2 is 1.38 bits per heavy atom. The summed E-state index contributed by atoms with van der Waals surface area (Å²) < 4.78 is 6.84. The minimum atomic E-state index is -2.38. The Morgan fingerprint density at radius 3 is 1.85 bits per heavy atom. The van der Waals surface area contributed by atoms with Gasteiger partial charge < -0.3 is 9.53 Å². The standard InChI is InChI=1S/C23H32O2Si/c1-23(2,3)26(21-15-9-7-10-16-21,22-17-11-8-12-18-22)25-20-14-6-4-5-13-19-24/h5,7-13,15-18,24H,4,6,14,19-20H2,1-3H3. The molecule has 0 aliphatic rings. The maximum Gasteiger partial charge on any atom is 0.261 e. The van der Waals surface area contributed by atoms with E-state index in [9.17, 15) is 0 Å². The van der Waals surface area contributed by atoms with Crippen LogP contribution in [-0.4, -0.2) is 26.6 Å². The minimum absolute atomic E-state index is 0.0342. The van der Waals surface area contributed by atoms with Gasteiger partial charge in [-0.05, 0) is 34.7 Å². The number of hydrogen-bond donors (Lipinski definition) is 1. The maximum absolute atomic E-state index is 8.81. The first-order chi connectivity index (χ1) is 12.5. The Morgan fingerprint density at radius 1 is 0.846 bits per heavy atom. The Kier molecular flexibility index (Phi) is 7.82. The van der Waals surface area contributed by atoms with E-state index in [-0.39, 0.29) is 11.6 Å². The SMILES string of the molecule is CC(C)(C)[Si](OCCCCC=CCO)(c1ccccc1)c1ccccc1. The molecule has 0 atom stereocenters. The van der Waals surface area contributed by atoms with E-state index in [0.717, 1.165) is 25.9 Å². The van der Waals surface area contributed by atoms with Gasteiger partial charge in [-0.25, -0.2) is 0 Å². The number of hydrogen-bond acceptors (Lipinski definition) is 2. The van der Waals surface area contributed by atoms with Gasteiger partial charge in [0, 0.05) is 6.61 Å². The van der Waals surface area contributed by atoms with Crippen LogP contribution in [0.25, 0.3) is 0 Å². The van der Waals surface area contributed by atoms with Crippen molar-refractivity contribution in [3.63, 3.8) is 0 Å². The third-order valence-corrected chi connectivity index (χ3v) is 9.81. The highest BCUT2D eigenvalue weighted by atomic mass is 28.4. The van der Waals surface area contributed by atoms with Crippen molar-refractivity contribution in [1.29, 1.82) is 0 Å². The van der Waals surface area contributed by atoms with E-state index in [0.29, 0.717) is 0 Å². The molecule has 1 N–H and O–H groups in total. The zero-order valence-electron chi connectivity index (χ0n) is 16.3. The van der Waals surface area contributed by atoms with E-state index in [1.54, 1.807) is 0 Å². The first-order valence-electron chi connectivity index (χ1n) is 9.53. The van der Waals surface area contributed by atoms with E-state index in [2.05, 4.69) is 81.4 Å². The predicted molar refractivity (Wildman–Crippen MR) is 114 cm³/mol. The fraction of sp³-hybridized carbons (Fsp3) is 0.391. The highest BCUT2D eigenvalue weighted by Gasteiger charge is 2.49. The fourth-order valence-corrected chi connectivity index (χ4v) is 8.15. The summed E-state index contributed by atoms with van der Waals surface area (Å²) in [6, 6.07) is 21.5. The number of aliphatic hydroxyl groups is 1. The Hall–Kier alpha value is -1.68. The summed E-state index contributed by atoms with van der Waals surface area (Å²) in [5.41, 5.74) is 0. The number of benzene rings is 2. The molecule has 3 heteroatoms. The third-order valence-electron chi connectivity index (χ3n) is 4.77. The van der Waals surface area contributed by atoms with Crippen LogP contribution in [0.5, 0.6) is 0 Å². The van der Waals surface area contributed by atoms with Crippen molar-refractivity contribution < 1.29 is 9.53 Å². The third kappa shape index (κ3) is 4.94. The molecule has 0 aromatic heterocycles. The number of aliphatic hydroxyl groups excluding tert-OH is 1. The van der Waals surface area contributed by atoms with Crippen LogP contribution < -0.4 is 10.4 Å². The van der Waals surface area contributed by atoms with Gasteiger partial charge in [0.15, 0.2) is 0 Å². The molecule has 0 fully saturated rings. The normalized spacial score (nSPS) is 12.6. The molecular weight excluding hydrogens is 336 g/mol. The van der Waals surface area contributed by atoms with Crippen LogP contribution >= 0.6 is 0 Å². The molecule has 0 amide bonds. The van der Waals surface area contributed by atoms with Crippen molar-refractivity contribution in [2.75, 3.05) is 13.2 Å². The summed E-state index contributed by atoms with van der Waals surface area (Å²) in [5, 5.41) is 11.5. The lowest BCUT2D eigenvalue weighted by atomic mass is 10.2. The molecule has 0 unspecified atom stereocenters. The lowest BCUT2D eigenvalue weighted by Gasteiger charge is -2.43. The van der Waals surface area contributed by atoms with E-state index in [1.165, 1.54) is 10.4 Å². The number of unbranched alkanes of at least 4 members (excludes halogenated alkanes) is 2. The molecule has 0 aliphatic carbocycles. The first kappa shape index (κ1) is 20.6. The highest BCUT2D eigenvalue weighted by molar-refractivity contribution is 6.99. The van der Waals surface area contributed by atoms with Gasteiger partial charge in [0.1, 0.15) is 0 Å². The predicted octanol–water partition coefficient (Wildman–Crippen LogP) is 4.28. The van der Waals surface area contributed by atoms with Crippen molar-refractivity contribution in [3.05, 3.63) is 72.8 Å². The second kappa shape index (κ2) is 9.86. The summed E-state index contributed by atoms with van der Waals surface area (Å²) in [5.74, 6) is 0. The van der Waals surface area contributed by atoms with E-state index in [1.807, 2.05) is 12.2 Å². The van der Waals surface area contributed by atoms with E-state index < -0.39 is 8.32 Å². The van der Waals surface area contributed by atoms with Gasteiger partial charge in [0.25, 0.3) is 8.32 Å². The lowest BCUT2D eigenvalue weighted by molar-refractivity contribution is 0.288. The molecule has 0 saturated heterocycles. The van der Waals surface area contributed by atoms with Crippen molar-refractivity contribution in [2.24, 2.45) is 0 Å². The van der Waals surface area contributed by atoms with Crippen LogP contribution in [0.3, 0.4) is 0 Å². The van der Waals surface area contributed by atoms with Crippen LogP contribution in [0.2, 0.25) is 5.04 Å². The molecule has 0 heterocycles. The van der Waals surface area contributed by atoms with Crippen LogP contribution in [0.15, 0.2) is 72.8 Å². The molecule has 26 heavy (non-hydrogen) atoms. The molecule has 140 valence electrons. The van der Waals surface area contributed by atoms with Crippen LogP contribution in [0.1, 0.15) is 40.0 Å². The zero-order chi connectivity index (χ0) is 18.9. The lowest BCUT2D eigenvalue weighted by Crippen LogP contribution is -2.66. The molecule has 0 radical (unpaired) electrons. The summed E-state index contributed by atoms with van der Waals surface area (Å²) in [6.45, 7) is 7.81. The average Bonchev–Trinajstić information content (AvgIpc) is 2.64. The van der Waals surface area contributed by atoms with Crippen molar-refractivity contribution in [2.45, 2.75) is 45.1 Å². The summed E-state index contributed by atoms with van der Waals surface area (Å²) in [4.78, 5) is 0. The molecule has 0 aliphatic heterocycles. The molecule has 2 aromatic rings. The number of allylic oxidation sites excluding steroid dienone is 1. The van der Waals surface area contributed by atoms with Crippen molar-refractivity contribution in [3.8, 4) is 0 Å². The Labute approximate surface area is 159 Å². The van der Waals surface area contributed by atoms with E-state index >= 15 is 0 Å². The summed E-state index contributed by atoms with van der Waals surface area (Å²) in [6.07, 6.45) is 6.95. The van der Waals surface area contributed by atoms with Crippen molar-refractivity contribution in [1.82, 2.24) is 0 Å². The van der Waals surface area contributed by atoms with Crippen LogP contribution in [0, 0.1) is 0 Å². The molecular formula is C23H32O2Si. The van der Waals surface area contributed by atoms with Crippen LogP contribution in [0.4, 0.5) is 0 Å². The molecule has 0 saturated carbocycles. The van der Waals surface area contributed by atoms with Gasteiger partial charge in [0.2, 0.25) is 0 Å². The minimum Gasteiger partial charge on any atom is -0.407 e. The van der Waals surface area contributed by atoms with E-state index in [4.69, 9.17) is 9.53 Å². The smallest absolute Gasteiger partial charge is 0.261 e. The molecule has 2 aromatic carbocycles. The Bertz CT molecular complexity index is 620. The topological polar surface area (TPSA) is 29.5 Å². The Balaban J connectivity index is 2.28. The second-order valence-electron chi connectivity index (χ2n) is 7.66. The van der Waals surface area contributed by atoms with Crippen LogP contribution in [-0.2, 0) is 4.43 Å². The maximum atomic E-state index is 8.81. The number of rotatable bonds is 9. The average molecular weight is 369 g/mol. The molecule has 2 nitrogen and oxygen atoms in total. The second-order valence-corrected chi connectivity index (χ2v) is 12.0. The monoisotopic (exact) mass is 368 g/mol. The molecule has 0 bridgehead atoms. The largest absolute Gasteiger partial charge is 0.407 e. The molecule has 2 rings (SSSR count). The van der Waals surface area contributed by atoms with Crippen molar-refractivity contribution >= 4 is 18.7 Å². The first-order valence-corrected chi connectivity index (χ1v) is 11.4. The van der Waals surface area contributed by atoms with Gasteiger partial charge in [-0.15, -0.1) is 0 Å². The summed E-state index contributed by atoms with van der Waals surface area (Å²) in [7, 11) is -2.38. The van der Waals surface area contributed by atoms with Gasteiger partial charge in [-0.1, -0.05) is 93.6 Å². The quantitative estimate of drug-likeness (QED) is 0.407. The van der Waals surface area contributed by atoms with Gasteiger partial charge >= 0.3 is 0 Å². The molecule has 0 spiro atoms. The van der Waals surface area contributed by atoms with Gasteiger partial charge in [-0.3, -0.25) is 0 Å². The van der Waals surface area contributed by atoms with Gasteiger partial charge in [-0.2, -0.15) is 0 Å². The fourth-order valence-electron chi connectivity index (χ4n) is 3.54.